The van der Waals surface area contributed by atoms with Gasteiger partial charge in [0, 0.05) is 26.1 Å². The van der Waals surface area contributed by atoms with Crippen LogP contribution in [0.25, 0.3) is 0 Å². The van der Waals surface area contributed by atoms with Crippen molar-refractivity contribution in [3.63, 3.8) is 0 Å². The fourth-order valence-corrected chi connectivity index (χ4v) is 5.70. The first kappa shape index (κ1) is 22.7. The van der Waals surface area contributed by atoms with Crippen molar-refractivity contribution < 1.29 is 22.7 Å². The fourth-order valence-electron chi connectivity index (χ4n) is 3.99. The summed E-state index contributed by atoms with van der Waals surface area (Å²) in [5.74, 6) is -1.10. The maximum atomic E-state index is 12.9. The van der Waals surface area contributed by atoms with Gasteiger partial charge in [0.05, 0.1) is 41.3 Å². The van der Waals surface area contributed by atoms with Crippen LogP contribution >= 0.6 is 11.6 Å². The van der Waals surface area contributed by atoms with Gasteiger partial charge in [-0.25, -0.2) is 12.7 Å². The number of nitrogens with one attached hydrogen (secondary N) is 1. The maximum Gasteiger partial charge on any atom is 0.252 e. The zero-order valence-corrected chi connectivity index (χ0v) is 18.9. The van der Waals surface area contributed by atoms with Gasteiger partial charge in [0.15, 0.2) is 0 Å². The summed E-state index contributed by atoms with van der Waals surface area (Å²) < 4.78 is 30.5. The van der Waals surface area contributed by atoms with Crippen molar-refractivity contribution in [2.75, 3.05) is 42.9 Å². The molecule has 170 valence electrons. The number of anilines is 1. The number of nitrogens with zero attached hydrogens (tertiary/aromatic N) is 2. The van der Waals surface area contributed by atoms with Gasteiger partial charge < -0.3 is 10.1 Å². The molecule has 2 aromatic rings. The van der Waals surface area contributed by atoms with Crippen molar-refractivity contribution in [1.82, 2.24) is 10.2 Å². The number of benzene rings is 2. The predicted molar refractivity (Wildman–Crippen MR) is 121 cm³/mol. The van der Waals surface area contributed by atoms with E-state index in [-0.39, 0.29) is 40.4 Å². The first-order valence-corrected chi connectivity index (χ1v) is 12.4. The molecule has 32 heavy (non-hydrogen) atoms. The van der Waals surface area contributed by atoms with Gasteiger partial charge in [0.25, 0.3) is 5.91 Å². The topological polar surface area (TPSA) is 96.0 Å². The quantitative estimate of drug-likeness (QED) is 0.685. The third kappa shape index (κ3) is 4.80. The highest BCUT2D eigenvalue weighted by atomic mass is 35.5. The highest BCUT2D eigenvalue weighted by Crippen LogP contribution is 2.29. The van der Waals surface area contributed by atoms with Crippen molar-refractivity contribution in [1.29, 1.82) is 0 Å². The number of rotatable bonds is 6. The van der Waals surface area contributed by atoms with Crippen LogP contribution in [0.3, 0.4) is 0 Å². The molecule has 0 aliphatic carbocycles. The number of amides is 2. The van der Waals surface area contributed by atoms with E-state index in [4.69, 9.17) is 16.3 Å². The first-order valence-electron chi connectivity index (χ1n) is 10.4. The van der Waals surface area contributed by atoms with E-state index in [1.165, 1.54) is 18.2 Å². The molecule has 0 spiro atoms. The van der Waals surface area contributed by atoms with Gasteiger partial charge >= 0.3 is 0 Å². The fraction of sp³-hybridized carbons (Fsp3) is 0.364. The van der Waals surface area contributed by atoms with E-state index in [2.05, 4.69) is 10.2 Å². The zero-order chi connectivity index (χ0) is 22.7. The Kier molecular flexibility index (Phi) is 6.80. The van der Waals surface area contributed by atoms with E-state index < -0.39 is 15.9 Å². The SMILES string of the molecule is O=C(NCC(c1ccccc1)N1CCOCC1)c1ccc(N2C(=O)CCS2(=O)=O)cc1Cl. The van der Waals surface area contributed by atoms with Crippen LogP contribution in [0.15, 0.2) is 48.5 Å². The molecule has 2 aliphatic heterocycles. The van der Waals surface area contributed by atoms with Crippen molar-refractivity contribution >= 4 is 39.1 Å². The van der Waals surface area contributed by atoms with Crippen LogP contribution < -0.4 is 9.62 Å². The lowest BCUT2D eigenvalue weighted by molar-refractivity contribution is -0.116. The summed E-state index contributed by atoms with van der Waals surface area (Å²) in [4.78, 5) is 27.1. The molecule has 2 aliphatic rings. The Balaban J connectivity index is 1.49. The van der Waals surface area contributed by atoms with Gasteiger partial charge in [-0.3, -0.25) is 14.5 Å². The lowest BCUT2D eigenvalue weighted by atomic mass is 10.0. The number of halogens is 1. The number of ether oxygens (including phenoxy) is 1. The minimum Gasteiger partial charge on any atom is -0.379 e. The Labute approximate surface area is 192 Å². The molecule has 2 saturated heterocycles. The average Bonchev–Trinajstić information content (AvgIpc) is 3.07. The second-order valence-electron chi connectivity index (χ2n) is 7.67. The molecule has 1 N–H and O–H groups in total. The summed E-state index contributed by atoms with van der Waals surface area (Å²) in [6, 6.07) is 14.1. The van der Waals surface area contributed by atoms with Gasteiger partial charge in [-0.15, -0.1) is 0 Å². The van der Waals surface area contributed by atoms with Crippen molar-refractivity contribution in [2.24, 2.45) is 0 Å². The molecule has 0 aromatic heterocycles. The lowest BCUT2D eigenvalue weighted by Crippen LogP contribution is -2.43. The maximum absolute atomic E-state index is 12.9. The molecule has 0 bridgehead atoms. The van der Waals surface area contributed by atoms with Crippen LogP contribution in [0.4, 0.5) is 5.69 Å². The summed E-state index contributed by atoms with van der Waals surface area (Å²) in [6.45, 7) is 3.19. The van der Waals surface area contributed by atoms with E-state index in [0.29, 0.717) is 19.8 Å². The number of hydrogen-bond donors (Lipinski definition) is 1. The Bertz CT molecular complexity index is 1100. The molecule has 2 aromatic carbocycles. The first-order chi connectivity index (χ1) is 15.4. The van der Waals surface area contributed by atoms with E-state index in [0.717, 1.165) is 23.0 Å². The standard InChI is InChI=1S/C22H24ClN3O5S/c23-19-14-17(26-21(27)8-13-32(26,29)30)6-7-18(19)22(28)24-15-20(16-4-2-1-3-5-16)25-9-11-31-12-10-25/h1-7,14,20H,8-13,15H2,(H,24,28). The summed E-state index contributed by atoms with van der Waals surface area (Å²) >= 11 is 6.30. The number of sulfonamides is 1. The largest absolute Gasteiger partial charge is 0.379 e. The molecule has 2 heterocycles. The van der Waals surface area contributed by atoms with Crippen LogP contribution in [-0.4, -0.2) is 63.7 Å². The van der Waals surface area contributed by atoms with E-state index in [1.54, 1.807) is 0 Å². The average molecular weight is 478 g/mol. The molecule has 2 amide bonds. The van der Waals surface area contributed by atoms with Crippen molar-refractivity contribution in [3.8, 4) is 0 Å². The molecule has 0 saturated carbocycles. The summed E-state index contributed by atoms with van der Waals surface area (Å²) in [7, 11) is -3.69. The van der Waals surface area contributed by atoms with Gasteiger partial charge in [-0.1, -0.05) is 41.9 Å². The van der Waals surface area contributed by atoms with Gasteiger partial charge in [0.1, 0.15) is 0 Å². The normalized spacial score (nSPS) is 19.7. The van der Waals surface area contributed by atoms with Crippen LogP contribution in [-0.2, 0) is 19.6 Å². The van der Waals surface area contributed by atoms with Gasteiger partial charge in [-0.2, -0.15) is 0 Å². The van der Waals surface area contributed by atoms with Gasteiger partial charge in [-0.05, 0) is 23.8 Å². The molecular formula is C22H24ClN3O5S. The number of carbonyl (C=O) groups is 2. The van der Waals surface area contributed by atoms with E-state index >= 15 is 0 Å². The Morgan fingerprint density at radius 1 is 1.12 bits per heavy atom. The van der Waals surface area contributed by atoms with E-state index in [1.807, 2.05) is 30.3 Å². The van der Waals surface area contributed by atoms with Gasteiger partial charge in [0.2, 0.25) is 15.9 Å². The van der Waals surface area contributed by atoms with Crippen LogP contribution in [0.5, 0.6) is 0 Å². The predicted octanol–water partition coefficient (Wildman–Crippen LogP) is 2.21. The third-order valence-corrected chi connectivity index (χ3v) is 7.64. The molecule has 8 nitrogen and oxygen atoms in total. The summed E-state index contributed by atoms with van der Waals surface area (Å²) in [6.07, 6.45) is -0.0649. The Morgan fingerprint density at radius 3 is 2.47 bits per heavy atom. The second-order valence-corrected chi connectivity index (χ2v) is 10.0. The minimum absolute atomic E-state index is 0.0190. The third-order valence-electron chi connectivity index (χ3n) is 5.64. The van der Waals surface area contributed by atoms with Crippen LogP contribution in [0.1, 0.15) is 28.4 Å². The summed E-state index contributed by atoms with van der Waals surface area (Å²) in [5.41, 5.74) is 1.45. The molecule has 1 unspecified atom stereocenters. The Hall–Kier alpha value is -2.46. The molecule has 0 radical (unpaired) electrons. The molecule has 1 atom stereocenters. The second kappa shape index (κ2) is 9.58. The molecule has 10 heteroatoms. The lowest BCUT2D eigenvalue weighted by Gasteiger charge is -2.35. The number of morpholine rings is 1. The number of hydrogen-bond acceptors (Lipinski definition) is 6. The number of carbonyl (C=O) groups excluding carboxylic acids is 2. The smallest absolute Gasteiger partial charge is 0.252 e. The highest BCUT2D eigenvalue weighted by Gasteiger charge is 2.36. The minimum atomic E-state index is -3.69. The molecular weight excluding hydrogens is 454 g/mol. The zero-order valence-electron chi connectivity index (χ0n) is 17.4. The monoisotopic (exact) mass is 477 g/mol. The van der Waals surface area contributed by atoms with Crippen LogP contribution in [0.2, 0.25) is 5.02 Å². The highest BCUT2D eigenvalue weighted by molar-refractivity contribution is 7.94. The van der Waals surface area contributed by atoms with E-state index in [9.17, 15) is 18.0 Å². The Morgan fingerprint density at radius 2 is 1.84 bits per heavy atom. The molecule has 4 rings (SSSR count). The molecule has 2 fully saturated rings. The summed E-state index contributed by atoms with van der Waals surface area (Å²) in [5, 5.41) is 3.03. The van der Waals surface area contributed by atoms with Crippen LogP contribution in [0, 0.1) is 0 Å². The van der Waals surface area contributed by atoms with Crippen molar-refractivity contribution in [2.45, 2.75) is 12.5 Å². The van der Waals surface area contributed by atoms with Crippen molar-refractivity contribution in [3.05, 3.63) is 64.7 Å².